The van der Waals surface area contributed by atoms with Crippen LogP contribution in [0.5, 0.6) is 0 Å². The van der Waals surface area contributed by atoms with Gasteiger partial charge in [0.15, 0.2) is 0 Å². The van der Waals surface area contributed by atoms with Gasteiger partial charge in [-0.1, -0.05) is 36.6 Å². The summed E-state index contributed by atoms with van der Waals surface area (Å²) in [6.45, 7) is 2.07. The molecule has 0 spiro atoms. The van der Waals surface area contributed by atoms with Gasteiger partial charge in [0.05, 0.1) is 23.4 Å². The third-order valence-corrected chi connectivity index (χ3v) is 4.91. The minimum atomic E-state index is 0.201. The number of aliphatic hydroxyl groups excluding tert-OH is 1. The molecule has 0 bridgehead atoms. The number of hydrogen-bond donors (Lipinski definition) is 2. The van der Waals surface area contributed by atoms with Crippen molar-refractivity contribution in [3.05, 3.63) is 28.8 Å². The average Bonchev–Trinajstić information content (AvgIpc) is 3.32. The highest BCUT2D eigenvalue weighted by molar-refractivity contribution is 6.33. The number of para-hydroxylation sites is 1. The van der Waals surface area contributed by atoms with E-state index in [1.54, 1.807) is 0 Å². The van der Waals surface area contributed by atoms with E-state index in [1.165, 1.54) is 37.7 Å². The highest BCUT2D eigenvalue weighted by Gasteiger charge is 2.26. The van der Waals surface area contributed by atoms with Crippen molar-refractivity contribution >= 4 is 17.3 Å². The molecule has 3 rings (SSSR count). The summed E-state index contributed by atoms with van der Waals surface area (Å²) in [6.07, 6.45) is 7.25. The SMILES string of the molecule is OCC1CCCCCN1c1c(Cl)cccc1CNC1CC1. The van der Waals surface area contributed by atoms with Crippen LogP contribution in [0.25, 0.3) is 0 Å². The van der Waals surface area contributed by atoms with Gasteiger partial charge in [0.2, 0.25) is 0 Å². The van der Waals surface area contributed by atoms with Gasteiger partial charge in [-0.25, -0.2) is 0 Å². The fraction of sp³-hybridized carbons (Fsp3) is 0.647. The molecule has 1 aromatic rings. The summed E-state index contributed by atoms with van der Waals surface area (Å²) in [4.78, 5) is 2.35. The number of aliphatic hydroxyl groups is 1. The minimum Gasteiger partial charge on any atom is -0.394 e. The van der Waals surface area contributed by atoms with Crippen molar-refractivity contribution in [2.24, 2.45) is 0 Å². The molecule has 4 heteroatoms. The molecule has 1 saturated carbocycles. The van der Waals surface area contributed by atoms with Crippen LogP contribution in [0.1, 0.15) is 44.1 Å². The van der Waals surface area contributed by atoms with Crippen LogP contribution in [0.4, 0.5) is 5.69 Å². The van der Waals surface area contributed by atoms with Crippen LogP contribution in [0, 0.1) is 0 Å². The van der Waals surface area contributed by atoms with Crippen molar-refractivity contribution in [2.45, 2.75) is 57.2 Å². The van der Waals surface area contributed by atoms with Crippen LogP contribution in [0.15, 0.2) is 18.2 Å². The van der Waals surface area contributed by atoms with E-state index in [2.05, 4.69) is 16.3 Å². The van der Waals surface area contributed by atoms with E-state index in [9.17, 15) is 5.11 Å². The number of anilines is 1. The van der Waals surface area contributed by atoms with Gasteiger partial charge in [-0.15, -0.1) is 0 Å². The highest BCUT2D eigenvalue weighted by atomic mass is 35.5. The number of nitrogens with zero attached hydrogens (tertiary/aromatic N) is 1. The van der Waals surface area contributed by atoms with Crippen molar-refractivity contribution in [1.29, 1.82) is 0 Å². The van der Waals surface area contributed by atoms with Crippen LogP contribution in [0.2, 0.25) is 5.02 Å². The largest absolute Gasteiger partial charge is 0.394 e. The predicted octanol–water partition coefficient (Wildman–Crippen LogP) is 3.33. The smallest absolute Gasteiger partial charge is 0.0643 e. The number of benzene rings is 1. The minimum absolute atomic E-state index is 0.201. The van der Waals surface area contributed by atoms with Gasteiger partial charge in [0.1, 0.15) is 0 Å². The molecule has 1 atom stereocenters. The Balaban J connectivity index is 1.86. The molecule has 1 aromatic carbocycles. The number of hydrogen-bond acceptors (Lipinski definition) is 3. The lowest BCUT2D eigenvalue weighted by Gasteiger charge is -2.33. The Bertz CT molecular complexity index is 476. The molecule has 2 N–H and O–H groups in total. The van der Waals surface area contributed by atoms with Gasteiger partial charge in [-0.05, 0) is 37.3 Å². The zero-order valence-corrected chi connectivity index (χ0v) is 13.3. The van der Waals surface area contributed by atoms with Gasteiger partial charge in [0.25, 0.3) is 0 Å². The van der Waals surface area contributed by atoms with E-state index < -0.39 is 0 Å². The Kier molecular flexibility index (Phi) is 5.04. The summed E-state index contributed by atoms with van der Waals surface area (Å²) < 4.78 is 0. The second-order valence-corrected chi connectivity index (χ2v) is 6.69. The van der Waals surface area contributed by atoms with E-state index in [0.717, 1.165) is 30.2 Å². The lowest BCUT2D eigenvalue weighted by molar-refractivity contribution is 0.255. The maximum Gasteiger partial charge on any atom is 0.0643 e. The Hall–Kier alpha value is -0.770. The van der Waals surface area contributed by atoms with Crippen molar-refractivity contribution < 1.29 is 5.11 Å². The fourth-order valence-electron chi connectivity index (χ4n) is 3.23. The van der Waals surface area contributed by atoms with Gasteiger partial charge in [0, 0.05) is 19.1 Å². The molecule has 0 amide bonds. The quantitative estimate of drug-likeness (QED) is 0.876. The fourth-order valence-corrected chi connectivity index (χ4v) is 3.53. The van der Waals surface area contributed by atoms with E-state index in [-0.39, 0.29) is 12.6 Å². The first kappa shape index (κ1) is 15.1. The first-order valence-corrected chi connectivity index (χ1v) is 8.55. The summed E-state index contributed by atoms with van der Waals surface area (Å²) in [5.41, 5.74) is 2.39. The Morgan fingerprint density at radius 3 is 2.81 bits per heavy atom. The first-order chi connectivity index (χ1) is 10.3. The Morgan fingerprint density at radius 1 is 1.19 bits per heavy atom. The first-order valence-electron chi connectivity index (χ1n) is 8.18. The zero-order chi connectivity index (χ0) is 14.7. The molecule has 21 heavy (non-hydrogen) atoms. The molecule has 116 valence electrons. The standard InChI is InChI=1S/C17H25ClN2O/c18-16-7-4-5-13(11-19-14-8-9-14)17(16)20-10-3-1-2-6-15(20)12-21/h4-5,7,14-15,19,21H,1-3,6,8-12H2. The maximum absolute atomic E-state index is 9.76. The second kappa shape index (κ2) is 6.99. The third kappa shape index (κ3) is 3.71. The van der Waals surface area contributed by atoms with Crippen LogP contribution < -0.4 is 10.2 Å². The van der Waals surface area contributed by atoms with E-state index in [4.69, 9.17) is 11.6 Å². The highest BCUT2D eigenvalue weighted by Crippen LogP contribution is 2.34. The molecule has 3 nitrogen and oxygen atoms in total. The topological polar surface area (TPSA) is 35.5 Å². The van der Waals surface area contributed by atoms with Crippen molar-refractivity contribution in [2.75, 3.05) is 18.1 Å². The van der Waals surface area contributed by atoms with Gasteiger partial charge < -0.3 is 15.3 Å². The summed E-state index contributed by atoms with van der Waals surface area (Å²) >= 11 is 6.52. The number of rotatable bonds is 5. The molecule has 1 aliphatic heterocycles. The molecule has 1 aliphatic carbocycles. The van der Waals surface area contributed by atoms with Gasteiger partial charge in [-0.2, -0.15) is 0 Å². The molecular formula is C17H25ClN2O. The molecule has 1 heterocycles. The predicted molar refractivity (Wildman–Crippen MR) is 88.0 cm³/mol. The molecule has 1 saturated heterocycles. The van der Waals surface area contributed by atoms with Crippen molar-refractivity contribution in [1.82, 2.24) is 5.32 Å². The molecule has 0 aromatic heterocycles. The monoisotopic (exact) mass is 308 g/mol. The Morgan fingerprint density at radius 2 is 2.05 bits per heavy atom. The maximum atomic E-state index is 9.76. The molecular weight excluding hydrogens is 284 g/mol. The lowest BCUT2D eigenvalue weighted by atomic mass is 10.1. The van der Waals surface area contributed by atoms with Crippen LogP contribution in [-0.4, -0.2) is 30.3 Å². The van der Waals surface area contributed by atoms with Crippen LogP contribution in [0.3, 0.4) is 0 Å². The van der Waals surface area contributed by atoms with E-state index >= 15 is 0 Å². The van der Waals surface area contributed by atoms with Gasteiger partial charge in [-0.3, -0.25) is 0 Å². The second-order valence-electron chi connectivity index (χ2n) is 6.28. The Labute approximate surface area is 132 Å². The van der Waals surface area contributed by atoms with Crippen molar-refractivity contribution in [3.63, 3.8) is 0 Å². The van der Waals surface area contributed by atoms with Crippen LogP contribution in [-0.2, 0) is 6.54 Å². The van der Waals surface area contributed by atoms with E-state index in [0.29, 0.717) is 6.04 Å². The normalized spacial score (nSPS) is 23.1. The van der Waals surface area contributed by atoms with Crippen LogP contribution >= 0.6 is 11.6 Å². The summed E-state index contributed by atoms with van der Waals surface area (Å²) in [5, 5.41) is 14.1. The number of halogens is 1. The van der Waals surface area contributed by atoms with Crippen molar-refractivity contribution in [3.8, 4) is 0 Å². The summed E-state index contributed by atoms with van der Waals surface area (Å²) in [5.74, 6) is 0. The number of nitrogens with one attached hydrogen (secondary N) is 1. The molecule has 2 fully saturated rings. The average molecular weight is 309 g/mol. The molecule has 0 radical (unpaired) electrons. The molecule has 1 unspecified atom stereocenters. The molecule has 2 aliphatic rings. The zero-order valence-electron chi connectivity index (χ0n) is 12.5. The van der Waals surface area contributed by atoms with E-state index in [1.807, 2.05) is 12.1 Å². The van der Waals surface area contributed by atoms with Gasteiger partial charge >= 0.3 is 0 Å². The summed E-state index contributed by atoms with van der Waals surface area (Å²) in [6, 6.07) is 7.05. The third-order valence-electron chi connectivity index (χ3n) is 4.60. The summed E-state index contributed by atoms with van der Waals surface area (Å²) in [7, 11) is 0. The lowest BCUT2D eigenvalue weighted by Crippen LogP contribution is -2.38.